The molecule has 0 saturated heterocycles. The summed E-state index contributed by atoms with van der Waals surface area (Å²) in [5.74, 6) is -1.07. The monoisotopic (exact) mass is 525 g/mol. The van der Waals surface area contributed by atoms with E-state index < -0.39 is 18.4 Å². The number of carbonyl (C=O) groups excluding carboxylic acids is 3. The molecular formula is C21H17Cl2N3O5S2. The number of aromatic nitrogens is 2. The van der Waals surface area contributed by atoms with Crippen LogP contribution in [0.25, 0.3) is 0 Å². The van der Waals surface area contributed by atoms with E-state index in [4.69, 9.17) is 32.7 Å². The lowest BCUT2D eigenvalue weighted by atomic mass is 10.1. The fourth-order valence-electron chi connectivity index (χ4n) is 2.59. The molecule has 0 bridgehead atoms. The van der Waals surface area contributed by atoms with Gasteiger partial charge in [0.2, 0.25) is 11.7 Å². The largest absolute Gasteiger partial charge is 0.495 e. The molecule has 0 saturated carbocycles. The number of methoxy groups -OCH3 is 1. The molecule has 0 unspecified atom stereocenters. The number of ether oxygens (including phenoxy) is 2. The van der Waals surface area contributed by atoms with Gasteiger partial charge in [-0.05, 0) is 43.3 Å². The van der Waals surface area contributed by atoms with Gasteiger partial charge in [0.25, 0.3) is 0 Å². The van der Waals surface area contributed by atoms with E-state index in [1.165, 1.54) is 66.6 Å². The molecule has 0 aliphatic heterocycles. The molecule has 2 aromatic carbocycles. The smallest absolute Gasteiger partial charge is 0.338 e. The number of esters is 1. The molecule has 1 N–H and O–H groups in total. The maximum absolute atomic E-state index is 12.5. The van der Waals surface area contributed by atoms with Crippen LogP contribution in [0.2, 0.25) is 10.0 Å². The van der Waals surface area contributed by atoms with E-state index in [0.717, 1.165) is 5.01 Å². The molecule has 8 nitrogen and oxygen atoms in total. The summed E-state index contributed by atoms with van der Waals surface area (Å²) in [5.41, 5.74) is 0.617. The Labute approximate surface area is 207 Å². The SMILES string of the molecule is COc1ccc(C(=O)OCC(=O)c2ccc(Cl)cc2Cl)cc1NC(=O)CSc1nnc(C)s1. The Balaban J connectivity index is 1.63. The quantitative estimate of drug-likeness (QED) is 0.238. The fraction of sp³-hybridized carbons (Fsp3) is 0.190. The van der Waals surface area contributed by atoms with Crippen LogP contribution in [0.5, 0.6) is 5.75 Å². The molecule has 3 rings (SSSR count). The van der Waals surface area contributed by atoms with Crippen molar-refractivity contribution in [2.75, 3.05) is 24.8 Å². The van der Waals surface area contributed by atoms with Crippen molar-refractivity contribution in [3.8, 4) is 5.75 Å². The van der Waals surface area contributed by atoms with Gasteiger partial charge in [0.05, 0.1) is 29.1 Å². The number of amides is 1. The predicted molar refractivity (Wildman–Crippen MR) is 128 cm³/mol. The number of nitrogens with one attached hydrogen (secondary N) is 1. The van der Waals surface area contributed by atoms with Crippen molar-refractivity contribution >= 4 is 69.6 Å². The molecule has 0 atom stereocenters. The Morgan fingerprint density at radius 3 is 2.58 bits per heavy atom. The molecule has 12 heteroatoms. The Kier molecular flexibility index (Phi) is 8.67. The van der Waals surface area contributed by atoms with Gasteiger partial charge < -0.3 is 14.8 Å². The van der Waals surface area contributed by atoms with E-state index in [2.05, 4.69) is 15.5 Å². The van der Waals surface area contributed by atoms with Crippen molar-refractivity contribution in [3.05, 3.63) is 62.6 Å². The lowest BCUT2D eigenvalue weighted by Crippen LogP contribution is -2.17. The predicted octanol–water partition coefficient (Wildman–Crippen LogP) is 4.93. The van der Waals surface area contributed by atoms with E-state index in [1.807, 2.05) is 6.92 Å². The third-order valence-corrected chi connectivity index (χ3v) is 6.63. The highest BCUT2D eigenvalue weighted by molar-refractivity contribution is 8.01. The average Bonchev–Trinajstić information content (AvgIpc) is 3.21. The Bertz CT molecular complexity index is 1200. The van der Waals surface area contributed by atoms with Crippen LogP contribution in [0.1, 0.15) is 25.7 Å². The van der Waals surface area contributed by atoms with Crippen molar-refractivity contribution < 1.29 is 23.9 Å². The van der Waals surface area contributed by atoms with Crippen LogP contribution in [0.4, 0.5) is 5.69 Å². The zero-order valence-electron chi connectivity index (χ0n) is 17.4. The topological polar surface area (TPSA) is 107 Å². The third kappa shape index (κ3) is 6.91. The summed E-state index contributed by atoms with van der Waals surface area (Å²) in [6.45, 7) is 1.32. The molecule has 33 heavy (non-hydrogen) atoms. The van der Waals surface area contributed by atoms with Gasteiger partial charge in [-0.25, -0.2) is 4.79 Å². The molecule has 172 valence electrons. The van der Waals surface area contributed by atoms with Crippen molar-refractivity contribution in [1.82, 2.24) is 10.2 Å². The third-order valence-electron chi connectivity index (χ3n) is 4.11. The number of hydrogen-bond donors (Lipinski definition) is 1. The second-order valence-electron chi connectivity index (χ2n) is 6.46. The highest BCUT2D eigenvalue weighted by Crippen LogP contribution is 2.27. The van der Waals surface area contributed by atoms with Gasteiger partial charge in [0.15, 0.2) is 10.9 Å². The molecule has 1 aromatic heterocycles. The highest BCUT2D eigenvalue weighted by Gasteiger charge is 2.17. The normalized spacial score (nSPS) is 10.5. The number of benzene rings is 2. The van der Waals surface area contributed by atoms with Crippen LogP contribution < -0.4 is 10.1 Å². The van der Waals surface area contributed by atoms with Crippen molar-refractivity contribution in [2.24, 2.45) is 0 Å². The first-order chi connectivity index (χ1) is 15.8. The number of Topliss-reactive ketones (excluding diaryl/α,β-unsaturated/α-hetero) is 1. The molecule has 0 radical (unpaired) electrons. The first kappa shape index (κ1) is 25.0. The fourth-order valence-corrected chi connectivity index (χ4v) is 4.72. The average molecular weight is 526 g/mol. The maximum Gasteiger partial charge on any atom is 0.338 e. The van der Waals surface area contributed by atoms with Gasteiger partial charge in [-0.15, -0.1) is 10.2 Å². The number of anilines is 1. The van der Waals surface area contributed by atoms with Gasteiger partial charge in [-0.2, -0.15) is 0 Å². The second-order valence-corrected chi connectivity index (χ2v) is 9.71. The summed E-state index contributed by atoms with van der Waals surface area (Å²) in [4.78, 5) is 37.1. The molecule has 1 heterocycles. The Morgan fingerprint density at radius 1 is 1.12 bits per heavy atom. The van der Waals surface area contributed by atoms with Crippen LogP contribution in [-0.2, 0) is 9.53 Å². The summed E-state index contributed by atoms with van der Waals surface area (Å²) >= 11 is 14.5. The standard InChI is InChI=1S/C21H17Cl2N3O5S2/c1-11-25-26-21(33-11)32-10-19(28)24-16-7-12(3-6-18(16)30-2)20(29)31-9-17(27)14-5-4-13(22)8-15(14)23/h3-8H,9-10H2,1-2H3,(H,24,28). The Hall–Kier alpha value is -2.66. The van der Waals surface area contributed by atoms with Gasteiger partial charge >= 0.3 is 5.97 Å². The summed E-state index contributed by atoms with van der Waals surface area (Å²) in [6.07, 6.45) is 0. The maximum atomic E-state index is 12.5. The second kappa shape index (κ2) is 11.5. The molecule has 0 aliphatic carbocycles. The van der Waals surface area contributed by atoms with Crippen LogP contribution in [0.15, 0.2) is 40.7 Å². The van der Waals surface area contributed by atoms with Crippen LogP contribution in [0, 0.1) is 6.92 Å². The molecule has 0 aliphatic rings. The number of nitrogens with zero attached hydrogens (tertiary/aromatic N) is 2. The minimum atomic E-state index is -0.745. The van der Waals surface area contributed by atoms with Crippen LogP contribution in [-0.4, -0.2) is 47.3 Å². The lowest BCUT2D eigenvalue weighted by molar-refractivity contribution is -0.113. The van der Waals surface area contributed by atoms with Gasteiger partial charge in [0.1, 0.15) is 10.8 Å². The van der Waals surface area contributed by atoms with Crippen molar-refractivity contribution in [2.45, 2.75) is 11.3 Å². The molecule has 0 spiro atoms. The number of carbonyl (C=O) groups is 3. The lowest BCUT2D eigenvalue weighted by Gasteiger charge is -2.12. The number of thioether (sulfide) groups is 1. The number of halogens is 2. The summed E-state index contributed by atoms with van der Waals surface area (Å²) < 4.78 is 11.0. The van der Waals surface area contributed by atoms with Crippen LogP contribution in [0.3, 0.4) is 0 Å². The number of hydrogen-bond acceptors (Lipinski definition) is 9. The minimum absolute atomic E-state index is 0.100. The molecule has 0 fully saturated rings. The van der Waals surface area contributed by atoms with E-state index >= 15 is 0 Å². The van der Waals surface area contributed by atoms with E-state index in [1.54, 1.807) is 0 Å². The van der Waals surface area contributed by atoms with Gasteiger partial charge in [0, 0.05) is 10.6 Å². The number of ketones is 1. The highest BCUT2D eigenvalue weighted by atomic mass is 35.5. The summed E-state index contributed by atoms with van der Waals surface area (Å²) in [5, 5.41) is 11.9. The van der Waals surface area contributed by atoms with Crippen LogP contribution >= 0.6 is 46.3 Å². The zero-order valence-corrected chi connectivity index (χ0v) is 20.5. The molecule has 1 amide bonds. The Morgan fingerprint density at radius 2 is 1.91 bits per heavy atom. The number of rotatable bonds is 9. The number of aryl methyl sites for hydroxylation is 1. The first-order valence-corrected chi connectivity index (χ1v) is 11.9. The van der Waals surface area contributed by atoms with E-state index in [-0.39, 0.29) is 33.5 Å². The van der Waals surface area contributed by atoms with E-state index in [0.29, 0.717) is 15.1 Å². The molecular weight excluding hydrogens is 509 g/mol. The minimum Gasteiger partial charge on any atom is -0.495 e. The van der Waals surface area contributed by atoms with Crippen molar-refractivity contribution in [3.63, 3.8) is 0 Å². The summed E-state index contributed by atoms with van der Waals surface area (Å²) in [7, 11) is 1.44. The van der Waals surface area contributed by atoms with Gasteiger partial charge in [-0.3, -0.25) is 9.59 Å². The first-order valence-electron chi connectivity index (χ1n) is 9.33. The summed E-state index contributed by atoms with van der Waals surface area (Å²) in [6, 6.07) is 8.81. The zero-order chi connectivity index (χ0) is 24.0. The van der Waals surface area contributed by atoms with Gasteiger partial charge in [-0.1, -0.05) is 46.3 Å². The van der Waals surface area contributed by atoms with Crippen molar-refractivity contribution in [1.29, 1.82) is 0 Å². The van der Waals surface area contributed by atoms with E-state index in [9.17, 15) is 14.4 Å². The molecule has 3 aromatic rings.